The predicted octanol–water partition coefficient (Wildman–Crippen LogP) is 1.85. The Balaban J connectivity index is 1.95. The van der Waals surface area contributed by atoms with Crippen molar-refractivity contribution >= 4 is 17.0 Å². The number of aromatic nitrogens is 4. The summed E-state index contributed by atoms with van der Waals surface area (Å²) in [5.41, 5.74) is 2.23. The summed E-state index contributed by atoms with van der Waals surface area (Å²) in [6.45, 7) is 5.09. The summed E-state index contributed by atoms with van der Waals surface area (Å²) in [7, 11) is 0. The SMILES string of the molecule is Cc1nc2cn[nH]c2nc1N1CC[C@H](C)[C@H](F)C1. The highest BCUT2D eigenvalue weighted by atomic mass is 19.1. The molecule has 0 bridgehead atoms. The van der Waals surface area contributed by atoms with E-state index in [2.05, 4.69) is 20.2 Å². The molecule has 6 heteroatoms. The van der Waals surface area contributed by atoms with Crippen molar-refractivity contribution in [3.8, 4) is 0 Å². The van der Waals surface area contributed by atoms with Gasteiger partial charge in [-0.05, 0) is 19.3 Å². The first-order chi connectivity index (χ1) is 8.65. The van der Waals surface area contributed by atoms with Crippen LogP contribution in [0.25, 0.3) is 11.2 Å². The Hall–Kier alpha value is -1.72. The van der Waals surface area contributed by atoms with Gasteiger partial charge in [0.05, 0.1) is 18.4 Å². The number of hydrogen-bond acceptors (Lipinski definition) is 4. The number of fused-ring (bicyclic) bond motifs is 1. The van der Waals surface area contributed by atoms with Crippen LogP contribution in [0.3, 0.4) is 0 Å². The molecule has 1 aliphatic rings. The summed E-state index contributed by atoms with van der Waals surface area (Å²) < 4.78 is 13.8. The minimum atomic E-state index is -0.794. The van der Waals surface area contributed by atoms with Crippen molar-refractivity contribution < 1.29 is 4.39 Å². The molecule has 2 aromatic rings. The van der Waals surface area contributed by atoms with Crippen LogP contribution in [0.1, 0.15) is 19.0 Å². The standard InChI is InChI=1S/C12H16FN5/c1-7-3-4-18(6-9(7)13)12-8(2)15-10-5-14-17-11(10)16-12/h5,7,9H,3-4,6H2,1-2H3,(H,14,16,17)/t7-,9+/m0/s1. The van der Waals surface area contributed by atoms with Gasteiger partial charge < -0.3 is 4.90 Å². The molecule has 1 saturated heterocycles. The van der Waals surface area contributed by atoms with E-state index in [0.717, 1.165) is 30.0 Å². The van der Waals surface area contributed by atoms with E-state index in [4.69, 9.17) is 0 Å². The highest BCUT2D eigenvalue weighted by Crippen LogP contribution is 2.26. The number of nitrogens with one attached hydrogen (secondary N) is 1. The molecule has 0 unspecified atom stereocenters. The third-order valence-corrected chi connectivity index (χ3v) is 3.60. The molecule has 18 heavy (non-hydrogen) atoms. The lowest BCUT2D eigenvalue weighted by Gasteiger charge is -2.34. The molecular weight excluding hydrogens is 233 g/mol. The molecule has 2 aromatic heterocycles. The number of piperidine rings is 1. The molecule has 3 rings (SSSR count). The summed E-state index contributed by atoms with van der Waals surface area (Å²) >= 11 is 0. The Morgan fingerprint density at radius 1 is 1.44 bits per heavy atom. The van der Waals surface area contributed by atoms with E-state index in [1.54, 1.807) is 6.20 Å². The number of H-pyrrole nitrogens is 1. The van der Waals surface area contributed by atoms with E-state index in [9.17, 15) is 4.39 Å². The minimum absolute atomic E-state index is 0.130. The average molecular weight is 249 g/mol. The van der Waals surface area contributed by atoms with Gasteiger partial charge in [-0.3, -0.25) is 5.10 Å². The van der Waals surface area contributed by atoms with Crippen LogP contribution in [0.5, 0.6) is 0 Å². The maximum Gasteiger partial charge on any atom is 0.176 e. The zero-order chi connectivity index (χ0) is 12.7. The summed E-state index contributed by atoms with van der Waals surface area (Å²) in [5, 5.41) is 6.72. The first-order valence-corrected chi connectivity index (χ1v) is 6.22. The smallest absolute Gasteiger partial charge is 0.176 e. The molecule has 1 fully saturated rings. The lowest BCUT2D eigenvalue weighted by molar-refractivity contribution is 0.211. The number of aryl methyl sites for hydroxylation is 1. The second kappa shape index (κ2) is 4.19. The van der Waals surface area contributed by atoms with Crippen LogP contribution in [0.15, 0.2) is 6.20 Å². The topological polar surface area (TPSA) is 57.7 Å². The minimum Gasteiger partial charge on any atom is -0.352 e. The van der Waals surface area contributed by atoms with Gasteiger partial charge in [-0.1, -0.05) is 6.92 Å². The summed E-state index contributed by atoms with van der Waals surface area (Å²) in [5.74, 6) is 0.895. The largest absolute Gasteiger partial charge is 0.352 e. The lowest BCUT2D eigenvalue weighted by atomic mass is 9.97. The summed E-state index contributed by atoms with van der Waals surface area (Å²) in [6.07, 6.45) is 1.70. The van der Waals surface area contributed by atoms with E-state index in [-0.39, 0.29) is 5.92 Å². The first-order valence-electron chi connectivity index (χ1n) is 6.22. The molecule has 1 N–H and O–H groups in total. The number of nitrogens with zero attached hydrogens (tertiary/aromatic N) is 4. The van der Waals surface area contributed by atoms with Crippen molar-refractivity contribution in [2.75, 3.05) is 18.0 Å². The van der Waals surface area contributed by atoms with Gasteiger partial charge in [0, 0.05) is 6.54 Å². The molecule has 0 radical (unpaired) electrons. The van der Waals surface area contributed by atoms with Crippen molar-refractivity contribution in [1.29, 1.82) is 0 Å². The average Bonchev–Trinajstić information content (AvgIpc) is 2.79. The molecule has 96 valence electrons. The Kier molecular flexibility index (Phi) is 2.65. The van der Waals surface area contributed by atoms with E-state index >= 15 is 0 Å². The van der Waals surface area contributed by atoms with Gasteiger partial charge in [0.15, 0.2) is 11.5 Å². The fourth-order valence-electron chi connectivity index (χ4n) is 2.37. The quantitative estimate of drug-likeness (QED) is 0.838. The fraction of sp³-hybridized carbons (Fsp3) is 0.583. The highest BCUT2D eigenvalue weighted by molar-refractivity contribution is 5.71. The van der Waals surface area contributed by atoms with Gasteiger partial charge in [-0.2, -0.15) is 5.10 Å². The van der Waals surface area contributed by atoms with Crippen molar-refractivity contribution in [3.05, 3.63) is 11.9 Å². The summed E-state index contributed by atoms with van der Waals surface area (Å²) in [4.78, 5) is 10.9. The number of rotatable bonds is 1. The van der Waals surface area contributed by atoms with Crippen LogP contribution < -0.4 is 4.90 Å². The second-order valence-corrected chi connectivity index (χ2v) is 4.96. The van der Waals surface area contributed by atoms with Crippen molar-refractivity contribution in [2.24, 2.45) is 5.92 Å². The second-order valence-electron chi connectivity index (χ2n) is 4.96. The molecular formula is C12H16FN5. The van der Waals surface area contributed by atoms with Crippen LogP contribution in [0.2, 0.25) is 0 Å². The van der Waals surface area contributed by atoms with Crippen LogP contribution >= 0.6 is 0 Å². The van der Waals surface area contributed by atoms with Gasteiger partial charge in [-0.25, -0.2) is 14.4 Å². The maximum absolute atomic E-state index is 13.8. The van der Waals surface area contributed by atoms with Crippen LogP contribution in [0, 0.1) is 12.8 Å². The Morgan fingerprint density at radius 3 is 3.06 bits per heavy atom. The fourth-order valence-corrected chi connectivity index (χ4v) is 2.37. The molecule has 1 aliphatic heterocycles. The summed E-state index contributed by atoms with van der Waals surface area (Å²) in [6, 6.07) is 0. The molecule has 0 aliphatic carbocycles. The van der Waals surface area contributed by atoms with Crippen LogP contribution in [-0.4, -0.2) is 39.4 Å². The Morgan fingerprint density at radius 2 is 2.28 bits per heavy atom. The Bertz CT molecular complexity index is 567. The third kappa shape index (κ3) is 1.81. The van der Waals surface area contributed by atoms with Crippen molar-refractivity contribution in [2.45, 2.75) is 26.4 Å². The number of hydrogen-bond donors (Lipinski definition) is 1. The van der Waals surface area contributed by atoms with E-state index in [0.29, 0.717) is 12.2 Å². The highest BCUT2D eigenvalue weighted by Gasteiger charge is 2.27. The van der Waals surface area contributed by atoms with Crippen molar-refractivity contribution in [3.63, 3.8) is 0 Å². The molecule has 0 amide bonds. The van der Waals surface area contributed by atoms with Crippen LogP contribution in [0.4, 0.5) is 10.2 Å². The van der Waals surface area contributed by atoms with Gasteiger partial charge in [0.2, 0.25) is 0 Å². The van der Waals surface area contributed by atoms with Gasteiger partial charge in [0.25, 0.3) is 0 Å². The van der Waals surface area contributed by atoms with Crippen molar-refractivity contribution in [1.82, 2.24) is 20.2 Å². The predicted molar refractivity (Wildman–Crippen MR) is 67.3 cm³/mol. The number of aromatic amines is 1. The van der Waals surface area contributed by atoms with Gasteiger partial charge >= 0.3 is 0 Å². The van der Waals surface area contributed by atoms with Crippen LogP contribution in [-0.2, 0) is 0 Å². The van der Waals surface area contributed by atoms with Gasteiger partial charge in [-0.15, -0.1) is 0 Å². The molecule has 0 aromatic carbocycles. The lowest BCUT2D eigenvalue weighted by Crippen LogP contribution is -2.41. The first kappa shape index (κ1) is 11.4. The van der Waals surface area contributed by atoms with E-state index in [1.165, 1.54) is 0 Å². The number of halogens is 1. The third-order valence-electron chi connectivity index (χ3n) is 3.60. The zero-order valence-corrected chi connectivity index (χ0v) is 10.5. The number of alkyl halides is 1. The molecule has 0 spiro atoms. The molecule has 5 nitrogen and oxygen atoms in total. The number of anilines is 1. The molecule has 0 saturated carbocycles. The zero-order valence-electron chi connectivity index (χ0n) is 10.5. The monoisotopic (exact) mass is 249 g/mol. The van der Waals surface area contributed by atoms with Gasteiger partial charge in [0.1, 0.15) is 11.7 Å². The van der Waals surface area contributed by atoms with E-state index in [1.807, 2.05) is 18.7 Å². The Labute approximate surface area is 104 Å². The normalized spacial score (nSPS) is 24.7. The molecule has 3 heterocycles. The maximum atomic E-state index is 13.8. The van der Waals surface area contributed by atoms with E-state index < -0.39 is 6.17 Å². The molecule has 2 atom stereocenters.